The van der Waals surface area contributed by atoms with Gasteiger partial charge in [0.05, 0.1) is 0 Å². The van der Waals surface area contributed by atoms with Crippen LogP contribution in [0.2, 0.25) is 10.0 Å². The van der Waals surface area contributed by atoms with Crippen molar-refractivity contribution in [2.75, 3.05) is 7.05 Å². The van der Waals surface area contributed by atoms with Gasteiger partial charge in [-0.25, -0.2) is 4.39 Å². The van der Waals surface area contributed by atoms with Gasteiger partial charge in [-0.05, 0) is 43.3 Å². The van der Waals surface area contributed by atoms with Crippen LogP contribution in [0.15, 0.2) is 42.5 Å². The molecule has 0 aromatic heterocycles. The predicted octanol–water partition coefficient (Wildman–Crippen LogP) is 4.64. The summed E-state index contributed by atoms with van der Waals surface area (Å²) in [6.07, 6.45) is 0.580. The highest BCUT2D eigenvalue weighted by atomic mass is 35.5. The third-order valence-electron chi connectivity index (χ3n) is 3.06. The molecular weight excluding hydrogens is 284 g/mol. The lowest BCUT2D eigenvalue weighted by Crippen LogP contribution is -2.20. The first-order chi connectivity index (χ1) is 9.11. The molecule has 0 heterocycles. The normalized spacial score (nSPS) is 12.4. The maximum Gasteiger partial charge on any atom is 0.127 e. The average Bonchev–Trinajstić information content (AvgIpc) is 2.41. The first-order valence-corrected chi connectivity index (χ1v) is 6.73. The second-order valence-corrected chi connectivity index (χ2v) is 5.15. The zero-order chi connectivity index (χ0) is 13.8. The van der Waals surface area contributed by atoms with Gasteiger partial charge < -0.3 is 5.32 Å². The van der Waals surface area contributed by atoms with Crippen molar-refractivity contribution < 1.29 is 4.39 Å². The summed E-state index contributed by atoms with van der Waals surface area (Å²) in [4.78, 5) is 0. The maximum atomic E-state index is 13.8. The molecule has 2 aromatic carbocycles. The lowest BCUT2D eigenvalue weighted by molar-refractivity contribution is 0.534. The molecule has 0 aliphatic rings. The summed E-state index contributed by atoms with van der Waals surface area (Å²) in [5.74, 6) is -0.222. The number of nitrogens with one attached hydrogen (secondary N) is 1. The third-order valence-corrected chi connectivity index (χ3v) is 3.66. The molecule has 1 N–H and O–H groups in total. The summed E-state index contributed by atoms with van der Waals surface area (Å²) in [6.45, 7) is 0. The fraction of sp³-hybridized carbons (Fsp3) is 0.200. The molecule has 1 atom stereocenters. The Bertz CT molecular complexity index is 572. The van der Waals surface area contributed by atoms with Crippen molar-refractivity contribution >= 4 is 23.2 Å². The zero-order valence-corrected chi connectivity index (χ0v) is 12.0. The summed E-state index contributed by atoms with van der Waals surface area (Å²) in [7, 11) is 1.80. The summed E-state index contributed by atoms with van der Waals surface area (Å²) in [5, 5.41) is 4.38. The van der Waals surface area contributed by atoms with Gasteiger partial charge in [0.15, 0.2) is 0 Å². The van der Waals surface area contributed by atoms with Crippen LogP contribution in [0.25, 0.3) is 0 Å². The molecule has 0 spiro atoms. The van der Waals surface area contributed by atoms with Crippen LogP contribution in [0.3, 0.4) is 0 Å². The first-order valence-electron chi connectivity index (χ1n) is 5.97. The van der Waals surface area contributed by atoms with Crippen molar-refractivity contribution in [2.24, 2.45) is 0 Å². The molecule has 0 amide bonds. The van der Waals surface area contributed by atoms with E-state index in [4.69, 9.17) is 23.2 Å². The number of halogens is 3. The second kappa shape index (κ2) is 6.38. The second-order valence-electron chi connectivity index (χ2n) is 4.30. The van der Waals surface area contributed by atoms with Crippen molar-refractivity contribution in [3.05, 3.63) is 69.5 Å². The van der Waals surface area contributed by atoms with Gasteiger partial charge in [0.2, 0.25) is 0 Å². The molecule has 0 bridgehead atoms. The Balaban J connectivity index is 2.29. The molecule has 0 saturated carbocycles. The molecule has 1 nitrogen and oxygen atoms in total. The molecule has 100 valence electrons. The number of hydrogen-bond donors (Lipinski definition) is 1. The van der Waals surface area contributed by atoms with E-state index in [1.807, 2.05) is 12.1 Å². The molecule has 0 radical (unpaired) electrons. The molecule has 0 fully saturated rings. The molecule has 0 aliphatic heterocycles. The van der Waals surface area contributed by atoms with Gasteiger partial charge in [0.1, 0.15) is 5.82 Å². The highest BCUT2D eigenvalue weighted by molar-refractivity contribution is 6.33. The van der Waals surface area contributed by atoms with E-state index in [1.54, 1.807) is 31.3 Å². The van der Waals surface area contributed by atoms with Crippen molar-refractivity contribution in [3.63, 3.8) is 0 Å². The van der Waals surface area contributed by atoms with Crippen LogP contribution in [0.5, 0.6) is 0 Å². The summed E-state index contributed by atoms with van der Waals surface area (Å²) < 4.78 is 13.8. The first kappa shape index (κ1) is 14.3. The summed E-state index contributed by atoms with van der Waals surface area (Å²) in [5.41, 5.74) is 1.53. The molecule has 0 saturated heterocycles. The Morgan fingerprint density at radius 3 is 2.58 bits per heavy atom. The Hall–Kier alpha value is -1.09. The SMILES string of the molecule is CNC(Cc1cc(Cl)ccc1Cl)c1ccccc1F. The van der Waals surface area contributed by atoms with Crippen LogP contribution in [-0.4, -0.2) is 7.05 Å². The number of hydrogen-bond acceptors (Lipinski definition) is 1. The Kier molecular flexibility index (Phi) is 4.81. The van der Waals surface area contributed by atoms with Gasteiger partial charge in [-0.3, -0.25) is 0 Å². The van der Waals surface area contributed by atoms with Crippen LogP contribution in [0.1, 0.15) is 17.2 Å². The van der Waals surface area contributed by atoms with E-state index < -0.39 is 0 Å². The minimum atomic E-state index is -0.222. The monoisotopic (exact) mass is 297 g/mol. The van der Waals surface area contributed by atoms with Gasteiger partial charge in [-0.1, -0.05) is 41.4 Å². The summed E-state index contributed by atoms with van der Waals surface area (Å²) >= 11 is 12.1. The van der Waals surface area contributed by atoms with Crippen LogP contribution < -0.4 is 5.32 Å². The highest BCUT2D eigenvalue weighted by Gasteiger charge is 2.15. The van der Waals surface area contributed by atoms with E-state index in [2.05, 4.69) is 5.32 Å². The maximum absolute atomic E-state index is 13.8. The number of benzene rings is 2. The molecule has 2 rings (SSSR count). The molecule has 4 heteroatoms. The smallest absolute Gasteiger partial charge is 0.127 e. The van der Waals surface area contributed by atoms with Crippen LogP contribution in [-0.2, 0) is 6.42 Å². The van der Waals surface area contributed by atoms with Crippen molar-refractivity contribution in [1.82, 2.24) is 5.32 Å². The van der Waals surface area contributed by atoms with Gasteiger partial charge in [-0.15, -0.1) is 0 Å². The Morgan fingerprint density at radius 2 is 1.89 bits per heavy atom. The fourth-order valence-electron chi connectivity index (χ4n) is 2.04. The zero-order valence-electron chi connectivity index (χ0n) is 10.5. The fourth-order valence-corrected chi connectivity index (χ4v) is 2.43. The van der Waals surface area contributed by atoms with Gasteiger partial charge in [0.25, 0.3) is 0 Å². The minimum Gasteiger partial charge on any atom is -0.313 e. The predicted molar refractivity (Wildman–Crippen MR) is 78.4 cm³/mol. The van der Waals surface area contributed by atoms with E-state index in [0.717, 1.165) is 5.56 Å². The van der Waals surface area contributed by atoms with Crippen molar-refractivity contribution in [1.29, 1.82) is 0 Å². The number of rotatable bonds is 4. The lowest BCUT2D eigenvalue weighted by atomic mass is 9.98. The van der Waals surface area contributed by atoms with E-state index >= 15 is 0 Å². The van der Waals surface area contributed by atoms with Crippen LogP contribution in [0, 0.1) is 5.82 Å². The number of likely N-dealkylation sites (N-methyl/N-ethyl adjacent to an activating group) is 1. The third kappa shape index (κ3) is 3.47. The van der Waals surface area contributed by atoms with E-state index in [1.165, 1.54) is 6.07 Å². The van der Waals surface area contributed by atoms with Crippen molar-refractivity contribution in [3.8, 4) is 0 Å². The molecule has 0 aliphatic carbocycles. The molecule has 1 unspecified atom stereocenters. The van der Waals surface area contributed by atoms with Crippen molar-refractivity contribution in [2.45, 2.75) is 12.5 Å². The quantitative estimate of drug-likeness (QED) is 0.867. The van der Waals surface area contributed by atoms with E-state index in [-0.39, 0.29) is 11.9 Å². The van der Waals surface area contributed by atoms with Gasteiger partial charge in [0, 0.05) is 21.7 Å². The van der Waals surface area contributed by atoms with Crippen LogP contribution >= 0.6 is 23.2 Å². The van der Waals surface area contributed by atoms with E-state index in [9.17, 15) is 4.39 Å². The Morgan fingerprint density at radius 1 is 1.16 bits per heavy atom. The lowest BCUT2D eigenvalue weighted by Gasteiger charge is -2.18. The minimum absolute atomic E-state index is 0.142. The van der Waals surface area contributed by atoms with Crippen LogP contribution in [0.4, 0.5) is 4.39 Å². The average molecular weight is 298 g/mol. The van der Waals surface area contributed by atoms with Gasteiger partial charge >= 0.3 is 0 Å². The largest absolute Gasteiger partial charge is 0.313 e. The standard InChI is InChI=1S/C15H14Cl2FN/c1-19-15(12-4-2-3-5-14(12)18)9-10-8-11(16)6-7-13(10)17/h2-8,15,19H,9H2,1H3. The molecule has 19 heavy (non-hydrogen) atoms. The Labute approximate surface area is 122 Å². The molecule has 2 aromatic rings. The highest BCUT2D eigenvalue weighted by Crippen LogP contribution is 2.27. The molecular formula is C15H14Cl2FN. The topological polar surface area (TPSA) is 12.0 Å². The summed E-state index contributed by atoms with van der Waals surface area (Å²) in [6, 6.07) is 11.9. The van der Waals surface area contributed by atoms with E-state index in [0.29, 0.717) is 22.0 Å². The van der Waals surface area contributed by atoms with Gasteiger partial charge in [-0.2, -0.15) is 0 Å².